The molecule has 3 N–H and O–H groups in total. The lowest BCUT2D eigenvalue weighted by Crippen LogP contribution is -2.10. The minimum absolute atomic E-state index is 0.656. The lowest BCUT2D eigenvalue weighted by atomic mass is 10.1. The predicted molar refractivity (Wildman–Crippen MR) is 72.1 cm³/mol. The van der Waals surface area contributed by atoms with Crippen LogP contribution in [0.1, 0.15) is 11.3 Å². The fourth-order valence-corrected chi connectivity index (χ4v) is 1.99. The highest BCUT2D eigenvalue weighted by atomic mass is 16.5. The Balaban J connectivity index is 2.84. The SMILES string of the molecule is COc1cc2nc(C)c(C)c(NN)c2cc1OC. The second-order valence-electron chi connectivity index (χ2n) is 4.07. The van der Waals surface area contributed by atoms with Gasteiger partial charge in [0.05, 0.1) is 25.4 Å². The molecule has 1 aromatic heterocycles. The van der Waals surface area contributed by atoms with E-state index in [9.17, 15) is 0 Å². The van der Waals surface area contributed by atoms with Gasteiger partial charge >= 0.3 is 0 Å². The number of methoxy groups -OCH3 is 2. The molecule has 0 atom stereocenters. The average Bonchev–Trinajstić information content (AvgIpc) is 2.39. The van der Waals surface area contributed by atoms with Crippen molar-refractivity contribution in [1.29, 1.82) is 0 Å². The predicted octanol–water partition coefficient (Wildman–Crippen LogP) is 2.15. The molecule has 5 heteroatoms. The van der Waals surface area contributed by atoms with Crippen molar-refractivity contribution in [2.24, 2.45) is 5.84 Å². The van der Waals surface area contributed by atoms with E-state index in [0.717, 1.165) is 27.8 Å². The van der Waals surface area contributed by atoms with E-state index < -0.39 is 0 Å². The first-order valence-electron chi connectivity index (χ1n) is 5.62. The van der Waals surface area contributed by atoms with E-state index >= 15 is 0 Å². The summed E-state index contributed by atoms with van der Waals surface area (Å²) in [4.78, 5) is 4.54. The zero-order valence-corrected chi connectivity index (χ0v) is 11.0. The second-order valence-corrected chi connectivity index (χ2v) is 4.07. The molecule has 0 amide bonds. The van der Waals surface area contributed by atoms with E-state index in [0.29, 0.717) is 11.5 Å². The van der Waals surface area contributed by atoms with Gasteiger partial charge in [-0.2, -0.15) is 0 Å². The number of aryl methyl sites for hydroxylation is 1. The van der Waals surface area contributed by atoms with Crippen LogP contribution in [0.4, 0.5) is 5.69 Å². The van der Waals surface area contributed by atoms with Gasteiger partial charge in [-0.15, -0.1) is 0 Å². The third kappa shape index (κ3) is 1.82. The van der Waals surface area contributed by atoms with Gasteiger partial charge in [0.2, 0.25) is 0 Å². The molecule has 2 aromatic rings. The zero-order valence-electron chi connectivity index (χ0n) is 11.0. The molecule has 0 aliphatic heterocycles. The van der Waals surface area contributed by atoms with E-state index in [1.54, 1.807) is 14.2 Å². The number of nitrogen functional groups attached to an aromatic ring is 1. The number of pyridine rings is 1. The molecular weight excluding hydrogens is 230 g/mol. The summed E-state index contributed by atoms with van der Waals surface area (Å²) in [5, 5.41) is 0.915. The van der Waals surface area contributed by atoms with E-state index in [2.05, 4.69) is 10.4 Å². The molecule has 0 spiro atoms. The number of hydrogen-bond donors (Lipinski definition) is 2. The third-order valence-electron chi connectivity index (χ3n) is 3.12. The summed E-state index contributed by atoms with van der Waals surface area (Å²) in [7, 11) is 3.21. The van der Waals surface area contributed by atoms with Crippen molar-refractivity contribution >= 4 is 16.6 Å². The number of hydrogen-bond acceptors (Lipinski definition) is 5. The number of benzene rings is 1. The molecule has 18 heavy (non-hydrogen) atoms. The lowest BCUT2D eigenvalue weighted by molar-refractivity contribution is 0.356. The average molecular weight is 247 g/mol. The minimum atomic E-state index is 0.656. The smallest absolute Gasteiger partial charge is 0.162 e. The summed E-state index contributed by atoms with van der Waals surface area (Å²) >= 11 is 0. The first-order valence-corrected chi connectivity index (χ1v) is 5.62. The summed E-state index contributed by atoms with van der Waals surface area (Å²) in [5.74, 6) is 6.91. The van der Waals surface area contributed by atoms with Crippen LogP contribution in [0, 0.1) is 13.8 Å². The standard InChI is InChI=1S/C13H17N3O2/c1-7-8(2)15-10-6-12(18-4)11(17-3)5-9(10)13(7)16-14/h5-6H,14H2,1-4H3,(H,15,16). The van der Waals surface area contributed by atoms with Gasteiger partial charge in [0, 0.05) is 17.1 Å². The summed E-state index contributed by atoms with van der Waals surface area (Å²) in [6.45, 7) is 3.93. The number of anilines is 1. The number of nitrogens with two attached hydrogens (primary N) is 1. The molecule has 0 unspecified atom stereocenters. The van der Waals surface area contributed by atoms with E-state index in [1.165, 1.54) is 0 Å². The molecule has 96 valence electrons. The summed E-state index contributed by atoms with van der Waals surface area (Å²) in [6, 6.07) is 3.73. The van der Waals surface area contributed by atoms with E-state index in [1.807, 2.05) is 26.0 Å². The van der Waals surface area contributed by atoms with Crippen molar-refractivity contribution in [2.45, 2.75) is 13.8 Å². The molecule has 0 radical (unpaired) electrons. The maximum atomic E-state index is 5.60. The Morgan fingerprint density at radius 1 is 1.11 bits per heavy atom. The van der Waals surface area contributed by atoms with E-state index in [4.69, 9.17) is 15.3 Å². The molecule has 0 bridgehead atoms. The van der Waals surface area contributed by atoms with Crippen molar-refractivity contribution in [2.75, 3.05) is 19.6 Å². The number of ether oxygens (including phenoxy) is 2. The Hall–Kier alpha value is -2.01. The van der Waals surface area contributed by atoms with Crippen LogP contribution in [-0.4, -0.2) is 19.2 Å². The Morgan fingerprint density at radius 3 is 2.28 bits per heavy atom. The van der Waals surface area contributed by atoms with Crippen LogP contribution in [0.15, 0.2) is 12.1 Å². The quantitative estimate of drug-likeness (QED) is 0.642. The maximum absolute atomic E-state index is 5.60. The highest BCUT2D eigenvalue weighted by Crippen LogP contribution is 2.36. The van der Waals surface area contributed by atoms with Crippen LogP contribution in [0.3, 0.4) is 0 Å². The largest absolute Gasteiger partial charge is 0.493 e. The molecule has 0 fully saturated rings. The fraction of sp³-hybridized carbons (Fsp3) is 0.308. The molecule has 1 heterocycles. The van der Waals surface area contributed by atoms with Crippen LogP contribution in [-0.2, 0) is 0 Å². The Kier molecular flexibility index (Phi) is 3.25. The van der Waals surface area contributed by atoms with Crippen molar-refractivity contribution in [3.05, 3.63) is 23.4 Å². The first-order chi connectivity index (χ1) is 8.62. The third-order valence-corrected chi connectivity index (χ3v) is 3.12. The van der Waals surface area contributed by atoms with Crippen LogP contribution >= 0.6 is 0 Å². The van der Waals surface area contributed by atoms with Crippen molar-refractivity contribution < 1.29 is 9.47 Å². The maximum Gasteiger partial charge on any atom is 0.162 e. The fourth-order valence-electron chi connectivity index (χ4n) is 1.99. The van der Waals surface area contributed by atoms with Crippen LogP contribution in [0.5, 0.6) is 11.5 Å². The van der Waals surface area contributed by atoms with Gasteiger partial charge in [-0.05, 0) is 25.5 Å². The Labute approximate surface area is 106 Å². The Bertz CT molecular complexity index is 597. The van der Waals surface area contributed by atoms with Gasteiger partial charge in [-0.3, -0.25) is 10.8 Å². The van der Waals surface area contributed by atoms with Gasteiger partial charge in [0.25, 0.3) is 0 Å². The minimum Gasteiger partial charge on any atom is -0.493 e. The second kappa shape index (κ2) is 4.70. The first kappa shape index (κ1) is 12.4. The van der Waals surface area contributed by atoms with Crippen molar-refractivity contribution in [3.8, 4) is 11.5 Å². The normalized spacial score (nSPS) is 10.5. The summed E-state index contributed by atoms with van der Waals surface area (Å²) in [5.41, 5.74) is 6.37. The zero-order chi connectivity index (χ0) is 13.3. The number of rotatable bonds is 3. The molecule has 0 aliphatic rings. The number of hydrazine groups is 1. The monoisotopic (exact) mass is 247 g/mol. The van der Waals surface area contributed by atoms with Crippen LogP contribution in [0.2, 0.25) is 0 Å². The van der Waals surface area contributed by atoms with Crippen molar-refractivity contribution in [1.82, 2.24) is 4.98 Å². The van der Waals surface area contributed by atoms with Gasteiger partial charge < -0.3 is 14.9 Å². The molecule has 0 aliphatic carbocycles. The van der Waals surface area contributed by atoms with Crippen molar-refractivity contribution in [3.63, 3.8) is 0 Å². The topological polar surface area (TPSA) is 69.4 Å². The van der Waals surface area contributed by atoms with Gasteiger partial charge in [0.15, 0.2) is 11.5 Å². The molecule has 0 saturated heterocycles. The summed E-state index contributed by atoms with van der Waals surface area (Å²) in [6.07, 6.45) is 0. The Morgan fingerprint density at radius 2 is 1.72 bits per heavy atom. The molecule has 5 nitrogen and oxygen atoms in total. The molecule has 0 saturated carbocycles. The summed E-state index contributed by atoms with van der Waals surface area (Å²) < 4.78 is 10.6. The molecule has 2 rings (SSSR count). The number of fused-ring (bicyclic) bond motifs is 1. The number of nitrogens with one attached hydrogen (secondary N) is 1. The number of nitrogens with zero attached hydrogens (tertiary/aromatic N) is 1. The molecular formula is C13H17N3O2. The van der Waals surface area contributed by atoms with Crippen LogP contribution < -0.4 is 20.7 Å². The van der Waals surface area contributed by atoms with Gasteiger partial charge in [-0.25, -0.2) is 0 Å². The van der Waals surface area contributed by atoms with Gasteiger partial charge in [0.1, 0.15) is 0 Å². The lowest BCUT2D eigenvalue weighted by Gasteiger charge is -2.14. The van der Waals surface area contributed by atoms with Crippen LogP contribution in [0.25, 0.3) is 10.9 Å². The highest BCUT2D eigenvalue weighted by Gasteiger charge is 2.13. The highest BCUT2D eigenvalue weighted by molar-refractivity contribution is 5.95. The van der Waals surface area contributed by atoms with E-state index in [-0.39, 0.29) is 0 Å². The number of aromatic nitrogens is 1. The van der Waals surface area contributed by atoms with Gasteiger partial charge in [-0.1, -0.05) is 0 Å². The molecule has 1 aromatic carbocycles.